The van der Waals surface area contributed by atoms with Crippen molar-refractivity contribution in [2.45, 2.75) is 84.6 Å². The van der Waals surface area contributed by atoms with Crippen LogP contribution in [-0.4, -0.2) is 11.5 Å². The first-order valence-electron chi connectivity index (χ1n) is 8.40. The van der Waals surface area contributed by atoms with Crippen molar-refractivity contribution in [2.75, 3.05) is 6.54 Å². The van der Waals surface area contributed by atoms with Crippen LogP contribution in [0.5, 0.6) is 0 Å². The Kier molecular flexibility index (Phi) is 4.84. The molecule has 0 aromatic carbocycles. The van der Waals surface area contributed by atoms with Gasteiger partial charge in [-0.05, 0) is 44.1 Å². The second kappa shape index (κ2) is 6.00. The average molecular weight is 309 g/mol. The number of hydrogen-bond acceptors (Lipinski definition) is 3. The summed E-state index contributed by atoms with van der Waals surface area (Å²) in [6, 6.07) is 0. The van der Waals surface area contributed by atoms with E-state index in [4.69, 9.17) is 4.98 Å². The lowest BCUT2D eigenvalue weighted by Gasteiger charge is -2.43. The van der Waals surface area contributed by atoms with Crippen molar-refractivity contribution < 1.29 is 0 Å². The van der Waals surface area contributed by atoms with E-state index < -0.39 is 0 Å². The zero-order valence-electron chi connectivity index (χ0n) is 14.7. The summed E-state index contributed by atoms with van der Waals surface area (Å²) < 4.78 is 0. The molecule has 21 heavy (non-hydrogen) atoms. The molecular formula is C18H32N2S. The summed E-state index contributed by atoms with van der Waals surface area (Å²) in [5, 5.41) is 7.44. The molecule has 1 saturated carbocycles. The molecule has 0 atom stereocenters. The average Bonchev–Trinajstić information content (AvgIpc) is 2.88. The van der Waals surface area contributed by atoms with Crippen molar-refractivity contribution in [1.82, 2.24) is 10.3 Å². The molecule has 120 valence electrons. The van der Waals surface area contributed by atoms with Gasteiger partial charge in [-0.1, -0.05) is 41.5 Å². The minimum absolute atomic E-state index is 0.125. The Morgan fingerprint density at radius 1 is 1.19 bits per heavy atom. The fourth-order valence-electron chi connectivity index (χ4n) is 3.02. The van der Waals surface area contributed by atoms with Crippen LogP contribution in [0.1, 0.15) is 84.3 Å². The van der Waals surface area contributed by atoms with Gasteiger partial charge in [-0.15, -0.1) is 11.3 Å². The van der Waals surface area contributed by atoms with Crippen LogP contribution in [0, 0.1) is 5.41 Å². The summed E-state index contributed by atoms with van der Waals surface area (Å²) >= 11 is 1.86. The molecule has 1 aliphatic rings. The highest BCUT2D eigenvalue weighted by atomic mass is 32.1. The lowest BCUT2D eigenvalue weighted by Crippen LogP contribution is -2.47. The number of nitrogens with one attached hydrogen (secondary N) is 1. The number of thiazole rings is 1. The molecule has 0 bridgehead atoms. The predicted molar refractivity (Wildman–Crippen MR) is 93.0 cm³/mol. The van der Waals surface area contributed by atoms with Gasteiger partial charge >= 0.3 is 0 Å². The lowest BCUT2D eigenvalue weighted by molar-refractivity contribution is 0.134. The second-order valence-electron chi connectivity index (χ2n) is 8.46. The van der Waals surface area contributed by atoms with Crippen LogP contribution in [0.3, 0.4) is 0 Å². The van der Waals surface area contributed by atoms with Crippen LogP contribution in [0.4, 0.5) is 0 Å². The SMILES string of the molecule is CCCNC1(c2nc(C(C)(C)C)cs2)CCC(C)(C)CC1. The van der Waals surface area contributed by atoms with Crippen molar-refractivity contribution in [3.05, 3.63) is 16.1 Å². The molecule has 0 aliphatic heterocycles. The van der Waals surface area contributed by atoms with Crippen molar-refractivity contribution in [1.29, 1.82) is 0 Å². The molecule has 1 heterocycles. The van der Waals surface area contributed by atoms with Crippen molar-refractivity contribution in [3.63, 3.8) is 0 Å². The minimum atomic E-state index is 0.125. The molecule has 0 spiro atoms. The monoisotopic (exact) mass is 308 g/mol. The quantitative estimate of drug-likeness (QED) is 0.823. The highest BCUT2D eigenvalue weighted by Crippen LogP contribution is 2.46. The molecular weight excluding hydrogens is 276 g/mol. The van der Waals surface area contributed by atoms with Gasteiger partial charge < -0.3 is 5.32 Å². The van der Waals surface area contributed by atoms with Gasteiger partial charge in [-0.25, -0.2) is 4.98 Å². The van der Waals surface area contributed by atoms with E-state index in [-0.39, 0.29) is 11.0 Å². The van der Waals surface area contributed by atoms with Crippen LogP contribution < -0.4 is 5.32 Å². The van der Waals surface area contributed by atoms with Crippen molar-refractivity contribution >= 4 is 11.3 Å². The fourth-order valence-corrected chi connectivity index (χ4v) is 4.30. The number of rotatable bonds is 4. The smallest absolute Gasteiger partial charge is 0.113 e. The predicted octanol–water partition coefficient (Wildman–Crippen LogP) is 5.24. The Labute approximate surface area is 134 Å². The summed E-state index contributed by atoms with van der Waals surface area (Å²) in [4.78, 5) is 5.03. The number of nitrogens with zero attached hydrogens (tertiary/aromatic N) is 1. The highest BCUT2D eigenvalue weighted by Gasteiger charge is 2.41. The van der Waals surface area contributed by atoms with E-state index in [1.165, 1.54) is 42.8 Å². The zero-order valence-corrected chi connectivity index (χ0v) is 15.5. The van der Waals surface area contributed by atoms with Gasteiger partial charge in [0.25, 0.3) is 0 Å². The molecule has 1 N–H and O–H groups in total. The maximum absolute atomic E-state index is 5.03. The van der Waals surface area contributed by atoms with E-state index in [1.54, 1.807) is 0 Å². The van der Waals surface area contributed by atoms with Gasteiger partial charge in [0.15, 0.2) is 0 Å². The topological polar surface area (TPSA) is 24.9 Å². The molecule has 2 rings (SSSR count). The maximum atomic E-state index is 5.03. The third kappa shape index (κ3) is 3.87. The molecule has 1 aromatic heterocycles. The van der Waals surface area contributed by atoms with Crippen LogP contribution >= 0.6 is 11.3 Å². The van der Waals surface area contributed by atoms with E-state index >= 15 is 0 Å². The minimum Gasteiger partial charge on any atom is -0.305 e. The molecule has 2 nitrogen and oxygen atoms in total. The highest BCUT2D eigenvalue weighted by molar-refractivity contribution is 7.09. The van der Waals surface area contributed by atoms with E-state index in [0.717, 1.165) is 6.54 Å². The first-order valence-corrected chi connectivity index (χ1v) is 9.28. The molecule has 0 amide bonds. The van der Waals surface area contributed by atoms with E-state index in [9.17, 15) is 0 Å². The van der Waals surface area contributed by atoms with E-state index in [1.807, 2.05) is 11.3 Å². The molecule has 1 aliphatic carbocycles. The van der Waals surface area contributed by atoms with Gasteiger partial charge in [0.05, 0.1) is 11.2 Å². The summed E-state index contributed by atoms with van der Waals surface area (Å²) in [5.74, 6) is 0. The van der Waals surface area contributed by atoms with Gasteiger partial charge in [0.1, 0.15) is 5.01 Å². The zero-order chi connectivity index (χ0) is 15.7. The van der Waals surface area contributed by atoms with Crippen LogP contribution in [0.15, 0.2) is 5.38 Å². The van der Waals surface area contributed by atoms with Gasteiger partial charge in [0, 0.05) is 10.8 Å². The van der Waals surface area contributed by atoms with E-state index in [2.05, 4.69) is 52.2 Å². The lowest BCUT2D eigenvalue weighted by atomic mass is 9.69. The second-order valence-corrected chi connectivity index (χ2v) is 9.32. The van der Waals surface area contributed by atoms with Crippen LogP contribution in [0.25, 0.3) is 0 Å². The fraction of sp³-hybridized carbons (Fsp3) is 0.833. The molecule has 0 saturated heterocycles. The van der Waals surface area contributed by atoms with Gasteiger partial charge in [-0.3, -0.25) is 0 Å². The Morgan fingerprint density at radius 3 is 2.29 bits per heavy atom. The first-order chi connectivity index (χ1) is 9.69. The Bertz CT molecular complexity index is 458. The largest absolute Gasteiger partial charge is 0.305 e. The van der Waals surface area contributed by atoms with Gasteiger partial charge in [0.2, 0.25) is 0 Å². The Hall–Kier alpha value is -0.410. The molecule has 3 heteroatoms. The van der Waals surface area contributed by atoms with Crippen molar-refractivity contribution in [3.8, 4) is 0 Å². The Morgan fingerprint density at radius 2 is 1.81 bits per heavy atom. The maximum Gasteiger partial charge on any atom is 0.113 e. The molecule has 0 unspecified atom stereocenters. The molecule has 1 fully saturated rings. The molecule has 1 aromatic rings. The summed E-state index contributed by atoms with van der Waals surface area (Å²) in [6.07, 6.45) is 6.19. The van der Waals surface area contributed by atoms with Gasteiger partial charge in [-0.2, -0.15) is 0 Å². The number of hydrogen-bond donors (Lipinski definition) is 1. The third-order valence-electron chi connectivity index (χ3n) is 4.85. The Balaban J connectivity index is 2.26. The summed E-state index contributed by atoms with van der Waals surface area (Å²) in [5.41, 5.74) is 2.00. The number of aromatic nitrogens is 1. The summed E-state index contributed by atoms with van der Waals surface area (Å²) in [7, 11) is 0. The van der Waals surface area contributed by atoms with Crippen molar-refractivity contribution in [2.24, 2.45) is 5.41 Å². The third-order valence-corrected chi connectivity index (χ3v) is 5.90. The van der Waals surface area contributed by atoms with E-state index in [0.29, 0.717) is 5.41 Å². The van der Waals surface area contributed by atoms with Crippen LogP contribution in [-0.2, 0) is 11.0 Å². The summed E-state index contributed by atoms with van der Waals surface area (Å²) in [6.45, 7) is 14.9. The molecule has 0 radical (unpaired) electrons. The van der Waals surface area contributed by atoms with Crippen LogP contribution in [0.2, 0.25) is 0 Å². The normalized spacial score (nSPS) is 21.4. The first kappa shape index (κ1) is 17.0. The standard InChI is InChI=1S/C18H32N2S/c1-7-12-19-18(10-8-17(5,6)9-11-18)15-20-14(13-21-15)16(2,3)4/h13,19H,7-12H2,1-6H3.